The Morgan fingerprint density at radius 2 is 1.48 bits per heavy atom. The number of anilines is 4. The van der Waals surface area contributed by atoms with Crippen LogP contribution in [0.3, 0.4) is 0 Å². The molecule has 0 atom stereocenters. The molecule has 4 aromatic rings. The molecule has 0 aliphatic heterocycles. The first kappa shape index (κ1) is 22.5. The monoisotopic (exact) mass is 481 g/mol. The number of sulfonamides is 1. The van der Waals surface area contributed by atoms with Crippen molar-refractivity contribution >= 4 is 61.6 Å². The first-order valence-corrected chi connectivity index (χ1v) is 11.8. The summed E-state index contributed by atoms with van der Waals surface area (Å²) >= 11 is 5.88. The second-order valence-corrected chi connectivity index (χ2v) is 9.47. The minimum absolute atomic E-state index is 0.0447. The van der Waals surface area contributed by atoms with Crippen molar-refractivity contribution in [3.63, 3.8) is 0 Å². The maximum absolute atomic E-state index is 13.0. The van der Waals surface area contributed by atoms with Crippen molar-refractivity contribution in [3.8, 4) is 0 Å². The van der Waals surface area contributed by atoms with Gasteiger partial charge in [-0.15, -0.1) is 0 Å². The van der Waals surface area contributed by atoms with Gasteiger partial charge in [-0.25, -0.2) is 18.4 Å². The highest BCUT2D eigenvalue weighted by molar-refractivity contribution is 7.92. The SMILES string of the molecule is CC(=O)Nc1ccc(Nc2nc3cc(C)ccc3nc2NS(=O)(=O)c2ccc(Cl)cc2)cc1. The third-order valence-electron chi connectivity index (χ3n) is 4.64. The van der Waals surface area contributed by atoms with Gasteiger partial charge in [0.1, 0.15) is 0 Å². The van der Waals surface area contributed by atoms with E-state index in [1.165, 1.54) is 31.2 Å². The number of rotatable bonds is 6. The van der Waals surface area contributed by atoms with E-state index in [0.29, 0.717) is 27.4 Å². The Hall–Kier alpha value is -3.69. The number of hydrogen-bond acceptors (Lipinski definition) is 6. The van der Waals surface area contributed by atoms with Gasteiger partial charge in [0, 0.05) is 23.3 Å². The molecule has 4 rings (SSSR count). The van der Waals surface area contributed by atoms with Gasteiger partial charge < -0.3 is 10.6 Å². The zero-order chi connectivity index (χ0) is 23.6. The molecule has 0 aliphatic carbocycles. The van der Waals surface area contributed by atoms with Crippen LogP contribution < -0.4 is 15.4 Å². The van der Waals surface area contributed by atoms with Crippen molar-refractivity contribution in [1.82, 2.24) is 9.97 Å². The van der Waals surface area contributed by atoms with E-state index in [1.54, 1.807) is 30.3 Å². The second kappa shape index (κ2) is 9.05. The molecular formula is C23H20ClN5O3S. The van der Waals surface area contributed by atoms with Crippen LogP contribution in [0.2, 0.25) is 5.02 Å². The Kier molecular flexibility index (Phi) is 6.17. The summed E-state index contributed by atoms with van der Waals surface area (Å²) in [6.07, 6.45) is 0. The van der Waals surface area contributed by atoms with Crippen LogP contribution in [0.5, 0.6) is 0 Å². The molecule has 0 bridgehead atoms. The molecule has 0 saturated heterocycles. The van der Waals surface area contributed by atoms with E-state index in [-0.39, 0.29) is 22.4 Å². The standard InChI is InChI=1S/C23H20ClN5O3S/c1-14-3-12-20-21(13-14)28-22(26-18-8-6-17(7-9-18)25-15(2)30)23(27-20)29-33(31,32)19-10-4-16(24)5-11-19/h3-13H,1-2H3,(H,25,30)(H,26,28)(H,27,29). The number of hydrogen-bond donors (Lipinski definition) is 3. The smallest absolute Gasteiger partial charge is 0.263 e. The number of nitrogens with one attached hydrogen (secondary N) is 3. The Balaban J connectivity index is 1.73. The molecule has 3 N–H and O–H groups in total. The van der Waals surface area contributed by atoms with Crippen LogP contribution in [0.1, 0.15) is 12.5 Å². The van der Waals surface area contributed by atoms with Crippen LogP contribution in [0.4, 0.5) is 23.0 Å². The van der Waals surface area contributed by atoms with E-state index < -0.39 is 10.0 Å². The molecule has 1 amide bonds. The minimum atomic E-state index is -3.94. The molecule has 0 spiro atoms. The van der Waals surface area contributed by atoms with E-state index in [0.717, 1.165) is 5.56 Å². The van der Waals surface area contributed by atoms with Gasteiger partial charge in [-0.05, 0) is 73.2 Å². The number of carbonyl (C=O) groups excluding carboxylic acids is 1. The van der Waals surface area contributed by atoms with Crippen molar-refractivity contribution in [2.45, 2.75) is 18.7 Å². The van der Waals surface area contributed by atoms with Crippen LogP contribution in [-0.4, -0.2) is 24.3 Å². The number of halogens is 1. The summed E-state index contributed by atoms with van der Waals surface area (Å²) in [5.41, 5.74) is 3.42. The van der Waals surface area contributed by atoms with Gasteiger partial charge in [0.15, 0.2) is 11.6 Å². The molecule has 0 aliphatic rings. The van der Waals surface area contributed by atoms with Crippen molar-refractivity contribution in [2.24, 2.45) is 0 Å². The first-order valence-electron chi connectivity index (χ1n) is 9.91. The summed E-state index contributed by atoms with van der Waals surface area (Å²) in [6.45, 7) is 3.37. The van der Waals surface area contributed by atoms with E-state index in [9.17, 15) is 13.2 Å². The van der Waals surface area contributed by atoms with Crippen molar-refractivity contribution in [3.05, 3.63) is 77.3 Å². The van der Waals surface area contributed by atoms with Gasteiger partial charge in [0.25, 0.3) is 10.0 Å². The lowest BCUT2D eigenvalue weighted by Crippen LogP contribution is -2.16. The molecular weight excluding hydrogens is 462 g/mol. The number of aryl methyl sites for hydroxylation is 1. The Labute approximate surface area is 196 Å². The summed E-state index contributed by atoms with van der Waals surface area (Å²) < 4.78 is 28.5. The van der Waals surface area contributed by atoms with Gasteiger partial charge in [0.05, 0.1) is 15.9 Å². The fourth-order valence-corrected chi connectivity index (χ4v) is 4.23. The van der Waals surface area contributed by atoms with Gasteiger partial charge >= 0.3 is 0 Å². The predicted molar refractivity (Wildman–Crippen MR) is 131 cm³/mol. The van der Waals surface area contributed by atoms with E-state index in [4.69, 9.17) is 11.6 Å². The first-order chi connectivity index (χ1) is 15.7. The lowest BCUT2D eigenvalue weighted by atomic mass is 10.2. The highest BCUT2D eigenvalue weighted by Gasteiger charge is 2.19. The quantitative estimate of drug-likeness (QED) is 0.353. The van der Waals surface area contributed by atoms with Crippen LogP contribution in [0, 0.1) is 6.92 Å². The molecule has 1 aromatic heterocycles. The molecule has 168 valence electrons. The molecule has 1 heterocycles. The van der Waals surface area contributed by atoms with Crippen LogP contribution >= 0.6 is 11.6 Å². The molecule has 0 saturated carbocycles. The largest absolute Gasteiger partial charge is 0.337 e. The van der Waals surface area contributed by atoms with E-state index in [1.807, 2.05) is 19.1 Å². The van der Waals surface area contributed by atoms with Crippen molar-refractivity contribution in [2.75, 3.05) is 15.4 Å². The molecule has 0 radical (unpaired) electrons. The maximum Gasteiger partial charge on any atom is 0.263 e. The molecule has 8 nitrogen and oxygen atoms in total. The number of carbonyl (C=O) groups is 1. The molecule has 33 heavy (non-hydrogen) atoms. The Bertz CT molecular complexity index is 1440. The fourth-order valence-electron chi connectivity index (χ4n) is 3.10. The second-order valence-electron chi connectivity index (χ2n) is 7.36. The van der Waals surface area contributed by atoms with Crippen molar-refractivity contribution < 1.29 is 13.2 Å². The lowest BCUT2D eigenvalue weighted by Gasteiger charge is -2.14. The van der Waals surface area contributed by atoms with Gasteiger partial charge in [-0.3, -0.25) is 9.52 Å². The average molecular weight is 482 g/mol. The van der Waals surface area contributed by atoms with Crippen LogP contribution in [0.25, 0.3) is 11.0 Å². The number of nitrogens with zero attached hydrogens (tertiary/aromatic N) is 2. The number of amides is 1. The molecule has 3 aromatic carbocycles. The Morgan fingerprint density at radius 1 is 0.848 bits per heavy atom. The fraction of sp³-hybridized carbons (Fsp3) is 0.0870. The summed E-state index contributed by atoms with van der Waals surface area (Å²) in [5.74, 6) is 0.107. The highest BCUT2D eigenvalue weighted by atomic mass is 35.5. The predicted octanol–water partition coefficient (Wildman–Crippen LogP) is 5.09. The normalized spacial score (nSPS) is 11.2. The minimum Gasteiger partial charge on any atom is -0.337 e. The van der Waals surface area contributed by atoms with E-state index in [2.05, 4.69) is 25.3 Å². The maximum atomic E-state index is 13.0. The summed E-state index contributed by atoms with van der Waals surface area (Å²) in [6, 6.07) is 18.3. The number of benzene rings is 3. The molecule has 0 fully saturated rings. The third kappa shape index (κ3) is 5.39. The highest BCUT2D eigenvalue weighted by Crippen LogP contribution is 2.28. The summed E-state index contributed by atoms with van der Waals surface area (Å²) in [5, 5.41) is 6.24. The zero-order valence-electron chi connectivity index (χ0n) is 17.8. The molecule has 10 heteroatoms. The van der Waals surface area contributed by atoms with Crippen molar-refractivity contribution in [1.29, 1.82) is 0 Å². The lowest BCUT2D eigenvalue weighted by molar-refractivity contribution is -0.114. The van der Waals surface area contributed by atoms with E-state index >= 15 is 0 Å². The summed E-state index contributed by atoms with van der Waals surface area (Å²) in [4.78, 5) is 20.4. The zero-order valence-corrected chi connectivity index (χ0v) is 19.3. The number of fused-ring (bicyclic) bond motifs is 1. The number of aromatic nitrogens is 2. The van der Waals surface area contributed by atoms with Gasteiger partial charge in [-0.1, -0.05) is 17.7 Å². The summed E-state index contributed by atoms with van der Waals surface area (Å²) in [7, 11) is -3.94. The molecule has 0 unspecified atom stereocenters. The van der Waals surface area contributed by atoms with Crippen LogP contribution in [-0.2, 0) is 14.8 Å². The van der Waals surface area contributed by atoms with Crippen LogP contribution in [0.15, 0.2) is 71.6 Å². The Morgan fingerprint density at radius 3 is 2.15 bits per heavy atom. The topological polar surface area (TPSA) is 113 Å². The average Bonchev–Trinajstić information content (AvgIpc) is 2.75. The third-order valence-corrected chi connectivity index (χ3v) is 6.25. The van der Waals surface area contributed by atoms with Gasteiger partial charge in [0.2, 0.25) is 5.91 Å². The van der Waals surface area contributed by atoms with Gasteiger partial charge in [-0.2, -0.15) is 0 Å².